The molecule has 3 aromatic rings. The number of aryl methyl sites for hydroxylation is 2. The monoisotopic (exact) mass is 506 g/mol. The Hall–Kier alpha value is -3.65. The van der Waals surface area contributed by atoms with E-state index in [-0.39, 0.29) is 30.2 Å². The first kappa shape index (κ1) is 22.8. The first-order valence-corrected chi connectivity index (χ1v) is 12.4. The van der Waals surface area contributed by atoms with Gasteiger partial charge in [-0.2, -0.15) is 0 Å². The number of pyridine rings is 1. The minimum Gasteiger partial charge on any atom is -0.484 e. The zero-order valence-corrected chi connectivity index (χ0v) is 20.4. The van der Waals surface area contributed by atoms with E-state index in [2.05, 4.69) is 15.6 Å². The van der Waals surface area contributed by atoms with Crippen LogP contribution in [0.1, 0.15) is 58.1 Å². The minimum atomic E-state index is -0.500. The molecule has 184 valence electrons. The molecule has 3 heterocycles. The zero-order valence-electron chi connectivity index (χ0n) is 19.6. The zero-order chi connectivity index (χ0) is 25.0. The molecule has 0 radical (unpaired) electrons. The summed E-state index contributed by atoms with van der Waals surface area (Å²) in [5.74, 6) is 0.0132. The minimum absolute atomic E-state index is 0.194. The van der Waals surface area contributed by atoms with Crippen molar-refractivity contribution < 1.29 is 18.7 Å². The Bertz CT molecular complexity index is 1410. The molecule has 3 aliphatic rings. The Morgan fingerprint density at radius 1 is 1.25 bits per heavy atom. The Balaban J connectivity index is 1.29. The summed E-state index contributed by atoms with van der Waals surface area (Å²) in [5, 5.41) is 6.24. The van der Waals surface area contributed by atoms with Gasteiger partial charge in [-0.3, -0.25) is 14.7 Å². The predicted octanol–water partition coefficient (Wildman–Crippen LogP) is 5.69. The molecule has 2 aliphatic heterocycles. The highest BCUT2D eigenvalue weighted by Gasteiger charge is 2.31. The molecule has 9 heteroatoms. The maximum atomic E-state index is 14.3. The number of carbonyl (C=O) groups is 2. The van der Waals surface area contributed by atoms with E-state index in [9.17, 15) is 14.0 Å². The average Bonchev–Trinajstić information content (AvgIpc) is 3.67. The normalized spacial score (nSPS) is 18.6. The van der Waals surface area contributed by atoms with Crippen molar-refractivity contribution >= 4 is 34.9 Å². The van der Waals surface area contributed by atoms with Crippen molar-refractivity contribution in [1.82, 2.24) is 10.3 Å². The van der Waals surface area contributed by atoms with Crippen molar-refractivity contribution in [3.05, 3.63) is 81.4 Å². The molecule has 1 aliphatic carbocycles. The number of nitrogens with zero attached hydrogens (tertiary/aromatic N) is 2. The van der Waals surface area contributed by atoms with Gasteiger partial charge in [0.2, 0.25) is 0 Å². The number of aromatic nitrogens is 1. The fourth-order valence-corrected chi connectivity index (χ4v) is 5.08. The fraction of sp³-hybridized carbons (Fsp3) is 0.296. The number of hydrogen-bond acceptors (Lipinski definition) is 4. The molecule has 1 aromatic heterocycles. The summed E-state index contributed by atoms with van der Waals surface area (Å²) in [5.41, 5.74) is 4.55. The van der Waals surface area contributed by atoms with Gasteiger partial charge in [-0.05, 0) is 68.0 Å². The Morgan fingerprint density at radius 2 is 2.08 bits per heavy atom. The summed E-state index contributed by atoms with van der Waals surface area (Å²) >= 11 is 6.58. The molecule has 3 amide bonds. The highest BCUT2D eigenvalue weighted by molar-refractivity contribution is 6.32. The third-order valence-corrected chi connectivity index (χ3v) is 7.22. The van der Waals surface area contributed by atoms with Gasteiger partial charge in [0, 0.05) is 40.1 Å². The molecule has 0 spiro atoms. The Labute approximate surface area is 212 Å². The van der Waals surface area contributed by atoms with Gasteiger partial charge in [-0.15, -0.1) is 0 Å². The number of urea groups is 1. The first-order chi connectivity index (χ1) is 17.4. The molecule has 36 heavy (non-hydrogen) atoms. The van der Waals surface area contributed by atoms with Crippen molar-refractivity contribution in [3.63, 3.8) is 0 Å². The standard InChI is InChI=1S/C27H24ClFN4O3/c1-14-9-15-4-7-23(25-20(29)3-2-8-30-25)36-24(15)12-22(14)33-13-18-19(28)10-16(11-21(18)32-27(33)35)26(34)31-17-5-6-17/h2-3,8-12,17,23H,4-7,13H2,1H3,(H,31,34)(H,32,35). The summed E-state index contributed by atoms with van der Waals surface area (Å²) in [6.07, 6.45) is 4.35. The average molecular weight is 507 g/mol. The number of carbonyl (C=O) groups excluding carboxylic acids is 2. The third-order valence-electron chi connectivity index (χ3n) is 6.88. The van der Waals surface area contributed by atoms with Crippen molar-refractivity contribution in [2.45, 2.75) is 51.3 Å². The number of benzene rings is 2. The SMILES string of the molecule is Cc1cc2c(cc1N1Cc3c(Cl)cc(C(=O)NC4CC4)cc3NC1=O)OC(c1ncccc1F)CC2. The topological polar surface area (TPSA) is 83.6 Å². The number of anilines is 2. The first-order valence-electron chi connectivity index (χ1n) is 12.0. The van der Waals surface area contributed by atoms with Crippen LogP contribution in [0.25, 0.3) is 0 Å². The predicted molar refractivity (Wildman–Crippen MR) is 134 cm³/mol. The van der Waals surface area contributed by atoms with Gasteiger partial charge >= 0.3 is 6.03 Å². The van der Waals surface area contributed by atoms with E-state index in [0.29, 0.717) is 40.6 Å². The number of hydrogen-bond donors (Lipinski definition) is 2. The van der Waals surface area contributed by atoms with E-state index in [1.165, 1.54) is 6.07 Å². The van der Waals surface area contributed by atoms with Crippen molar-refractivity contribution in [2.75, 3.05) is 10.2 Å². The Morgan fingerprint density at radius 3 is 2.86 bits per heavy atom. The third kappa shape index (κ3) is 4.15. The van der Waals surface area contributed by atoms with Gasteiger partial charge in [0.25, 0.3) is 5.91 Å². The lowest BCUT2D eigenvalue weighted by atomic mass is 9.97. The van der Waals surface area contributed by atoms with Crippen LogP contribution in [0, 0.1) is 12.7 Å². The van der Waals surface area contributed by atoms with Gasteiger partial charge in [-0.1, -0.05) is 17.7 Å². The molecule has 1 unspecified atom stereocenters. The van der Waals surface area contributed by atoms with E-state index in [4.69, 9.17) is 16.3 Å². The summed E-state index contributed by atoms with van der Waals surface area (Å²) in [4.78, 5) is 31.4. The summed E-state index contributed by atoms with van der Waals surface area (Å²) in [6, 6.07) is 9.97. The van der Waals surface area contributed by atoms with Crippen LogP contribution in [0.3, 0.4) is 0 Å². The van der Waals surface area contributed by atoms with Crippen LogP contribution in [-0.4, -0.2) is 23.0 Å². The molecule has 2 N–H and O–H groups in total. The molecule has 2 aromatic carbocycles. The highest BCUT2D eigenvalue weighted by atomic mass is 35.5. The molecule has 0 saturated heterocycles. The van der Waals surface area contributed by atoms with E-state index in [0.717, 1.165) is 29.5 Å². The van der Waals surface area contributed by atoms with Crippen molar-refractivity contribution in [2.24, 2.45) is 0 Å². The number of nitrogens with one attached hydrogen (secondary N) is 2. The second-order valence-corrected chi connectivity index (χ2v) is 9.92. The number of rotatable bonds is 4. The van der Waals surface area contributed by atoms with Gasteiger partial charge in [0.15, 0.2) is 0 Å². The molecule has 6 rings (SSSR count). The van der Waals surface area contributed by atoms with Crippen molar-refractivity contribution in [3.8, 4) is 5.75 Å². The van der Waals surface area contributed by atoms with Crippen LogP contribution in [-0.2, 0) is 13.0 Å². The van der Waals surface area contributed by atoms with Gasteiger partial charge in [-0.25, -0.2) is 9.18 Å². The molecular weight excluding hydrogens is 483 g/mol. The lowest BCUT2D eigenvalue weighted by Crippen LogP contribution is -2.39. The van der Waals surface area contributed by atoms with Crippen LogP contribution in [0.15, 0.2) is 42.6 Å². The Kier molecular flexibility index (Phi) is 5.56. The number of halogens is 2. The maximum absolute atomic E-state index is 14.3. The molecule has 1 fully saturated rings. The fourth-order valence-electron chi connectivity index (χ4n) is 4.80. The second-order valence-electron chi connectivity index (χ2n) is 9.51. The van der Waals surface area contributed by atoms with Crippen LogP contribution in [0.5, 0.6) is 5.75 Å². The molecule has 1 saturated carbocycles. The lowest BCUT2D eigenvalue weighted by molar-refractivity contribution is 0.0951. The van der Waals surface area contributed by atoms with E-state index in [1.54, 1.807) is 29.3 Å². The molecule has 0 bridgehead atoms. The quantitative estimate of drug-likeness (QED) is 0.476. The van der Waals surface area contributed by atoms with E-state index in [1.807, 2.05) is 19.1 Å². The van der Waals surface area contributed by atoms with Crippen LogP contribution < -0.4 is 20.3 Å². The largest absolute Gasteiger partial charge is 0.484 e. The molecule has 7 nitrogen and oxygen atoms in total. The molecule has 1 atom stereocenters. The summed E-state index contributed by atoms with van der Waals surface area (Å²) in [6.45, 7) is 2.18. The highest BCUT2D eigenvalue weighted by Crippen LogP contribution is 2.41. The number of amides is 3. The van der Waals surface area contributed by atoms with Crippen molar-refractivity contribution in [1.29, 1.82) is 0 Å². The van der Waals surface area contributed by atoms with Gasteiger partial charge in [0.1, 0.15) is 23.4 Å². The molecular formula is C27H24ClFN4O3. The second kappa shape index (κ2) is 8.78. The van der Waals surface area contributed by atoms with E-state index < -0.39 is 11.9 Å². The van der Waals surface area contributed by atoms with Crippen LogP contribution in [0.4, 0.5) is 20.6 Å². The van der Waals surface area contributed by atoms with E-state index >= 15 is 0 Å². The van der Waals surface area contributed by atoms with Crippen LogP contribution >= 0.6 is 11.6 Å². The maximum Gasteiger partial charge on any atom is 0.326 e. The van der Waals surface area contributed by atoms with Gasteiger partial charge in [0.05, 0.1) is 12.2 Å². The summed E-state index contributed by atoms with van der Waals surface area (Å²) in [7, 11) is 0. The summed E-state index contributed by atoms with van der Waals surface area (Å²) < 4.78 is 20.5. The number of ether oxygens (including phenoxy) is 1. The number of fused-ring (bicyclic) bond motifs is 2. The smallest absolute Gasteiger partial charge is 0.326 e. The lowest BCUT2D eigenvalue weighted by Gasteiger charge is -2.33. The van der Waals surface area contributed by atoms with Gasteiger partial charge < -0.3 is 15.4 Å². The van der Waals surface area contributed by atoms with Crippen LogP contribution in [0.2, 0.25) is 5.02 Å².